The highest BCUT2D eigenvalue weighted by Crippen LogP contribution is 2.32. The first-order valence-corrected chi connectivity index (χ1v) is 5.56. The van der Waals surface area contributed by atoms with E-state index in [1.54, 1.807) is 0 Å². The SMILES string of the molecule is NC(=O)C1CC(=O)N(c2ccc(C(F)(F)F)cc2)C1. The molecule has 19 heavy (non-hydrogen) atoms. The number of carbonyl (C=O) groups excluding carboxylic acids is 2. The quantitative estimate of drug-likeness (QED) is 0.887. The number of primary amides is 1. The summed E-state index contributed by atoms with van der Waals surface area (Å²) in [5.74, 6) is -1.49. The van der Waals surface area contributed by atoms with Gasteiger partial charge in [0.2, 0.25) is 11.8 Å². The van der Waals surface area contributed by atoms with Gasteiger partial charge in [-0.15, -0.1) is 0 Å². The van der Waals surface area contributed by atoms with E-state index in [0.29, 0.717) is 5.69 Å². The molecular weight excluding hydrogens is 261 g/mol. The number of carbonyl (C=O) groups is 2. The number of rotatable bonds is 2. The van der Waals surface area contributed by atoms with E-state index in [4.69, 9.17) is 5.73 Å². The van der Waals surface area contributed by atoms with Gasteiger partial charge in [-0.2, -0.15) is 13.2 Å². The predicted molar refractivity (Wildman–Crippen MR) is 61.1 cm³/mol. The van der Waals surface area contributed by atoms with Crippen molar-refractivity contribution >= 4 is 17.5 Å². The van der Waals surface area contributed by atoms with Crippen LogP contribution in [0.3, 0.4) is 0 Å². The minimum atomic E-state index is -4.41. The van der Waals surface area contributed by atoms with Crippen LogP contribution in [0.2, 0.25) is 0 Å². The van der Waals surface area contributed by atoms with Crippen molar-refractivity contribution in [2.24, 2.45) is 11.7 Å². The molecule has 7 heteroatoms. The Kier molecular flexibility index (Phi) is 3.21. The van der Waals surface area contributed by atoms with Crippen molar-refractivity contribution in [2.45, 2.75) is 12.6 Å². The summed E-state index contributed by atoms with van der Waals surface area (Å²) in [6.07, 6.45) is -4.42. The lowest BCUT2D eigenvalue weighted by Crippen LogP contribution is -2.28. The van der Waals surface area contributed by atoms with Crippen molar-refractivity contribution in [3.05, 3.63) is 29.8 Å². The van der Waals surface area contributed by atoms with Crippen LogP contribution in [0.1, 0.15) is 12.0 Å². The van der Waals surface area contributed by atoms with Gasteiger partial charge in [-0.1, -0.05) is 0 Å². The molecule has 1 aliphatic rings. The molecule has 0 spiro atoms. The second-order valence-electron chi connectivity index (χ2n) is 4.35. The van der Waals surface area contributed by atoms with E-state index in [-0.39, 0.29) is 18.9 Å². The van der Waals surface area contributed by atoms with Crippen LogP contribution >= 0.6 is 0 Å². The van der Waals surface area contributed by atoms with Crippen molar-refractivity contribution < 1.29 is 22.8 Å². The molecule has 4 nitrogen and oxygen atoms in total. The number of amides is 2. The first kappa shape index (κ1) is 13.4. The third-order valence-electron chi connectivity index (χ3n) is 3.03. The van der Waals surface area contributed by atoms with Crippen LogP contribution in [0.4, 0.5) is 18.9 Å². The van der Waals surface area contributed by atoms with Gasteiger partial charge in [0.15, 0.2) is 0 Å². The van der Waals surface area contributed by atoms with Crippen LogP contribution in [0.15, 0.2) is 24.3 Å². The Hall–Kier alpha value is -2.05. The Labute approximate surface area is 107 Å². The molecule has 2 amide bonds. The van der Waals surface area contributed by atoms with E-state index in [1.807, 2.05) is 0 Å². The van der Waals surface area contributed by atoms with Gasteiger partial charge in [0, 0.05) is 18.7 Å². The molecule has 1 aromatic carbocycles. The van der Waals surface area contributed by atoms with Crippen LogP contribution in [-0.2, 0) is 15.8 Å². The molecule has 102 valence electrons. The lowest BCUT2D eigenvalue weighted by molar-refractivity contribution is -0.137. The molecule has 1 aliphatic heterocycles. The zero-order valence-corrected chi connectivity index (χ0v) is 9.78. The lowest BCUT2D eigenvalue weighted by Gasteiger charge is -2.17. The van der Waals surface area contributed by atoms with E-state index < -0.39 is 23.6 Å². The molecular formula is C12H11F3N2O2. The molecule has 1 heterocycles. The zero-order valence-electron chi connectivity index (χ0n) is 9.78. The van der Waals surface area contributed by atoms with Crippen LogP contribution in [0, 0.1) is 5.92 Å². The summed E-state index contributed by atoms with van der Waals surface area (Å²) < 4.78 is 37.2. The average molecular weight is 272 g/mol. The summed E-state index contributed by atoms with van der Waals surface area (Å²) in [5, 5.41) is 0. The summed E-state index contributed by atoms with van der Waals surface area (Å²) in [6.45, 7) is 0.111. The van der Waals surface area contributed by atoms with E-state index in [1.165, 1.54) is 17.0 Å². The Morgan fingerprint density at radius 2 is 1.84 bits per heavy atom. The number of hydrogen-bond donors (Lipinski definition) is 1. The van der Waals surface area contributed by atoms with Gasteiger partial charge in [-0.25, -0.2) is 0 Å². The smallest absolute Gasteiger partial charge is 0.369 e. The van der Waals surface area contributed by atoms with E-state index in [9.17, 15) is 22.8 Å². The molecule has 0 radical (unpaired) electrons. The number of nitrogens with two attached hydrogens (primary N) is 1. The highest BCUT2D eigenvalue weighted by molar-refractivity contribution is 6.00. The maximum atomic E-state index is 12.4. The molecule has 1 unspecified atom stereocenters. The van der Waals surface area contributed by atoms with Crippen LogP contribution < -0.4 is 10.6 Å². The lowest BCUT2D eigenvalue weighted by atomic mass is 10.1. The predicted octanol–water partition coefficient (Wildman–Crippen LogP) is 1.54. The summed E-state index contributed by atoms with van der Waals surface area (Å²) in [5.41, 5.74) is 4.67. The fourth-order valence-corrected chi connectivity index (χ4v) is 1.98. The number of halogens is 3. The summed E-state index contributed by atoms with van der Waals surface area (Å²) in [6, 6.07) is 4.23. The molecule has 1 fully saturated rings. The Morgan fingerprint density at radius 3 is 2.26 bits per heavy atom. The topological polar surface area (TPSA) is 63.4 Å². The third-order valence-corrected chi connectivity index (χ3v) is 3.03. The minimum absolute atomic E-state index is 0.00362. The third kappa shape index (κ3) is 2.69. The van der Waals surface area contributed by atoms with Gasteiger partial charge in [0.1, 0.15) is 0 Å². The molecule has 2 rings (SSSR count). The first-order chi connectivity index (χ1) is 8.79. The normalized spacial score (nSPS) is 19.8. The number of nitrogens with zero attached hydrogens (tertiary/aromatic N) is 1. The second-order valence-corrected chi connectivity index (χ2v) is 4.35. The second kappa shape index (κ2) is 4.56. The fourth-order valence-electron chi connectivity index (χ4n) is 1.98. The van der Waals surface area contributed by atoms with Crippen molar-refractivity contribution in [2.75, 3.05) is 11.4 Å². The summed E-state index contributed by atoms with van der Waals surface area (Å²) in [7, 11) is 0. The van der Waals surface area contributed by atoms with Gasteiger partial charge in [0.25, 0.3) is 0 Å². The average Bonchev–Trinajstić information content (AvgIpc) is 2.70. The standard InChI is InChI=1S/C12H11F3N2O2/c13-12(14,15)8-1-3-9(4-2-8)17-6-7(11(16)19)5-10(17)18/h1-4,7H,5-6H2,(H2,16,19). The van der Waals surface area contributed by atoms with Gasteiger partial charge in [-0.05, 0) is 24.3 Å². The largest absolute Gasteiger partial charge is 0.416 e. The monoisotopic (exact) mass is 272 g/mol. The summed E-state index contributed by atoms with van der Waals surface area (Å²) in [4.78, 5) is 23.9. The summed E-state index contributed by atoms with van der Waals surface area (Å²) >= 11 is 0. The molecule has 0 saturated carbocycles. The van der Waals surface area contributed by atoms with Gasteiger partial charge in [-0.3, -0.25) is 9.59 Å². The maximum absolute atomic E-state index is 12.4. The molecule has 0 aliphatic carbocycles. The highest BCUT2D eigenvalue weighted by Gasteiger charge is 2.35. The Balaban J connectivity index is 2.19. The number of alkyl halides is 3. The first-order valence-electron chi connectivity index (χ1n) is 5.56. The van der Waals surface area contributed by atoms with Gasteiger partial charge >= 0.3 is 6.18 Å². The van der Waals surface area contributed by atoms with E-state index >= 15 is 0 Å². The van der Waals surface area contributed by atoms with E-state index in [0.717, 1.165) is 12.1 Å². The number of benzene rings is 1. The molecule has 0 bridgehead atoms. The van der Waals surface area contributed by atoms with Crippen LogP contribution in [-0.4, -0.2) is 18.4 Å². The Bertz CT molecular complexity index is 511. The minimum Gasteiger partial charge on any atom is -0.369 e. The highest BCUT2D eigenvalue weighted by atomic mass is 19.4. The van der Waals surface area contributed by atoms with Gasteiger partial charge < -0.3 is 10.6 Å². The maximum Gasteiger partial charge on any atom is 0.416 e. The number of anilines is 1. The molecule has 2 N–H and O–H groups in total. The fraction of sp³-hybridized carbons (Fsp3) is 0.333. The van der Waals surface area contributed by atoms with Crippen molar-refractivity contribution in [3.8, 4) is 0 Å². The van der Waals surface area contributed by atoms with Gasteiger partial charge in [0.05, 0.1) is 11.5 Å². The van der Waals surface area contributed by atoms with Crippen LogP contribution in [0.5, 0.6) is 0 Å². The van der Waals surface area contributed by atoms with Crippen molar-refractivity contribution in [1.29, 1.82) is 0 Å². The van der Waals surface area contributed by atoms with Crippen LogP contribution in [0.25, 0.3) is 0 Å². The molecule has 1 atom stereocenters. The number of hydrogen-bond acceptors (Lipinski definition) is 2. The van der Waals surface area contributed by atoms with E-state index in [2.05, 4.69) is 0 Å². The van der Waals surface area contributed by atoms with Crippen molar-refractivity contribution in [1.82, 2.24) is 0 Å². The molecule has 1 saturated heterocycles. The molecule has 1 aromatic rings. The van der Waals surface area contributed by atoms with Crippen molar-refractivity contribution in [3.63, 3.8) is 0 Å². The zero-order chi connectivity index (χ0) is 14.2. The Morgan fingerprint density at radius 1 is 1.26 bits per heavy atom. The molecule has 0 aromatic heterocycles.